The third-order valence-corrected chi connectivity index (χ3v) is 4.42. The Kier molecular flexibility index (Phi) is 3.10. The Morgan fingerprint density at radius 1 is 1.79 bits per heavy atom. The van der Waals surface area contributed by atoms with E-state index in [4.69, 9.17) is 16.3 Å². The number of ether oxygens (including phenoxy) is 1. The molecular formula is C10H14ClNOS. The van der Waals surface area contributed by atoms with Gasteiger partial charge in [-0.3, -0.25) is 4.98 Å². The van der Waals surface area contributed by atoms with Gasteiger partial charge in [0.2, 0.25) is 0 Å². The smallest absolute Gasteiger partial charge is 0.0794 e. The number of hydrogen-bond acceptors (Lipinski definition) is 3. The highest BCUT2D eigenvalue weighted by atomic mass is 35.5. The fourth-order valence-corrected chi connectivity index (χ4v) is 3.15. The number of nitrogens with zero attached hydrogens (tertiary/aromatic N) is 1. The van der Waals surface area contributed by atoms with Crippen LogP contribution in [0.4, 0.5) is 0 Å². The van der Waals surface area contributed by atoms with E-state index >= 15 is 0 Å². The molecule has 0 spiro atoms. The molecule has 1 aliphatic heterocycles. The van der Waals surface area contributed by atoms with Crippen molar-refractivity contribution in [2.75, 3.05) is 12.5 Å². The maximum Gasteiger partial charge on any atom is 0.0794 e. The average Bonchev–Trinajstić information content (AvgIpc) is 2.79. The summed E-state index contributed by atoms with van der Waals surface area (Å²) in [6, 6.07) is 0. The van der Waals surface area contributed by atoms with E-state index in [9.17, 15) is 0 Å². The summed E-state index contributed by atoms with van der Waals surface area (Å²) in [5.41, 5.74) is 2.01. The van der Waals surface area contributed by atoms with Gasteiger partial charge in [0.1, 0.15) is 0 Å². The third-order valence-electron chi connectivity index (χ3n) is 3.11. The Hall–Kier alpha value is -0.120. The van der Waals surface area contributed by atoms with E-state index in [-0.39, 0.29) is 11.5 Å². The van der Waals surface area contributed by atoms with Crippen molar-refractivity contribution >= 4 is 22.9 Å². The molecule has 14 heavy (non-hydrogen) atoms. The van der Waals surface area contributed by atoms with Crippen LogP contribution in [0.15, 0.2) is 11.7 Å². The normalized spacial score (nSPS) is 32.3. The summed E-state index contributed by atoms with van der Waals surface area (Å²) >= 11 is 7.78. The van der Waals surface area contributed by atoms with Crippen molar-refractivity contribution in [3.63, 3.8) is 0 Å². The van der Waals surface area contributed by atoms with Gasteiger partial charge >= 0.3 is 0 Å². The molecule has 1 fully saturated rings. The summed E-state index contributed by atoms with van der Waals surface area (Å²) in [6.07, 6.45) is 4.27. The van der Waals surface area contributed by atoms with Crippen LogP contribution >= 0.6 is 22.9 Å². The van der Waals surface area contributed by atoms with Gasteiger partial charge < -0.3 is 4.74 Å². The maximum absolute atomic E-state index is 6.08. The van der Waals surface area contributed by atoms with Crippen LogP contribution in [0.1, 0.15) is 18.2 Å². The molecule has 2 rings (SSSR count). The van der Waals surface area contributed by atoms with E-state index in [1.807, 2.05) is 11.7 Å². The highest BCUT2D eigenvalue weighted by Crippen LogP contribution is 2.39. The first kappa shape index (κ1) is 10.4. The van der Waals surface area contributed by atoms with Gasteiger partial charge in [-0.1, -0.05) is 0 Å². The number of rotatable bonds is 3. The van der Waals surface area contributed by atoms with Gasteiger partial charge in [-0.25, -0.2) is 0 Å². The zero-order valence-electron chi connectivity index (χ0n) is 8.20. The van der Waals surface area contributed by atoms with E-state index in [0.29, 0.717) is 5.88 Å². The molecule has 2 unspecified atom stereocenters. The highest BCUT2D eigenvalue weighted by Gasteiger charge is 2.41. The molecule has 0 N–H and O–H groups in total. The third kappa shape index (κ3) is 1.81. The number of aromatic nitrogens is 1. The van der Waals surface area contributed by atoms with Crippen molar-refractivity contribution in [2.24, 2.45) is 5.41 Å². The van der Waals surface area contributed by atoms with Crippen LogP contribution in [0.3, 0.4) is 0 Å². The van der Waals surface area contributed by atoms with Crippen LogP contribution in [0.5, 0.6) is 0 Å². The lowest BCUT2D eigenvalue weighted by Gasteiger charge is -2.29. The van der Waals surface area contributed by atoms with Crippen molar-refractivity contribution in [1.82, 2.24) is 4.98 Å². The Morgan fingerprint density at radius 2 is 2.64 bits per heavy atom. The fraction of sp³-hybridized carbons (Fsp3) is 0.700. The minimum atomic E-state index is 0.133. The Bertz CT molecular complexity index is 290. The first-order valence-electron chi connectivity index (χ1n) is 4.82. The summed E-state index contributed by atoms with van der Waals surface area (Å²) < 4.78 is 5.61. The average molecular weight is 232 g/mol. The van der Waals surface area contributed by atoms with Crippen LogP contribution < -0.4 is 0 Å². The second-order valence-corrected chi connectivity index (χ2v) is 5.14. The molecule has 0 aromatic carbocycles. The highest BCUT2D eigenvalue weighted by molar-refractivity contribution is 7.09. The quantitative estimate of drug-likeness (QED) is 0.747. The van der Waals surface area contributed by atoms with Gasteiger partial charge in [0.25, 0.3) is 0 Å². The van der Waals surface area contributed by atoms with Crippen LogP contribution in [0.25, 0.3) is 0 Å². The molecule has 1 aromatic heterocycles. The van der Waals surface area contributed by atoms with Crippen molar-refractivity contribution in [1.29, 1.82) is 0 Å². The first-order valence-corrected chi connectivity index (χ1v) is 6.23. The number of alkyl halides is 1. The number of hydrogen-bond donors (Lipinski definition) is 0. The largest absolute Gasteiger partial charge is 0.378 e. The SMILES string of the molecule is CC1OCCC1(CCl)Cc1cncs1. The zero-order valence-corrected chi connectivity index (χ0v) is 9.77. The lowest BCUT2D eigenvalue weighted by atomic mass is 9.80. The molecule has 4 heteroatoms. The molecule has 1 aliphatic rings. The van der Waals surface area contributed by atoms with Gasteiger partial charge in [0.15, 0.2) is 0 Å². The van der Waals surface area contributed by atoms with Crippen LogP contribution in [-0.2, 0) is 11.2 Å². The molecule has 0 amide bonds. The molecular weight excluding hydrogens is 218 g/mol. The molecule has 1 aromatic rings. The van der Waals surface area contributed by atoms with E-state index in [2.05, 4.69) is 11.9 Å². The van der Waals surface area contributed by atoms with Gasteiger partial charge in [0.05, 0.1) is 11.6 Å². The monoisotopic (exact) mass is 231 g/mol. The Balaban J connectivity index is 2.13. The van der Waals surface area contributed by atoms with Crippen LogP contribution in [0.2, 0.25) is 0 Å². The number of halogens is 1. The minimum absolute atomic E-state index is 0.133. The van der Waals surface area contributed by atoms with Crippen LogP contribution in [0, 0.1) is 5.41 Å². The standard InChI is InChI=1S/C10H14ClNOS/c1-8-10(6-11,2-3-13-8)4-9-5-12-7-14-9/h5,7-8H,2-4,6H2,1H3. The summed E-state index contributed by atoms with van der Waals surface area (Å²) in [5.74, 6) is 0.673. The van der Waals surface area contributed by atoms with Crippen molar-refractivity contribution in [3.8, 4) is 0 Å². The van der Waals surface area contributed by atoms with E-state index in [1.165, 1.54) is 4.88 Å². The van der Waals surface area contributed by atoms with Gasteiger partial charge in [-0.05, 0) is 19.8 Å². The Labute approximate surface area is 93.3 Å². The topological polar surface area (TPSA) is 22.1 Å². The molecule has 2 atom stereocenters. The Morgan fingerprint density at radius 3 is 3.14 bits per heavy atom. The van der Waals surface area contributed by atoms with Crippen molar-refractivity contribution < 1.29 is 4.74 Å². The molecule has 0 aliphatic carbocycles. The van der Waals surface area contributed by atoms with E-state index < -0.39 is 0 Å². The molecule has 1 saturated heterocycles. The first-order chi connectivity index (χ1) is 6.77. The molecule has 78 valence electrons. The van der Waals surface area contributed by atoms with Crippen LogP contribution in [-0.4, -0.2) is 23.6 Å². The van der Waals surface area contributed by atoms with Gasteiger partial charge in [-0.2, -0.15) is 0 Å². The number of thiazole rings is 1. The summed E-state index contributed by atoms with van der Waals surface area (Å²) in [4.78, 5) is 5.40. The molecule has 0 bridgehead atoms. The lowest BCUT2D eigenvalue weighted by Crippen LogP contribution is -2.32. The molecule has 2 heterocycles. The summed E-state index contributed by atoms with van der Waals surface area (Å²) in [5, 5.41) is 0. The van der Waals surface area contributed by atoms with E-state index in [0.717, 1.165) is 19.4 Å². The maximum atomic E-state index is 6.08. The minimum Gasteiger partial charge on any atom is -0.378 e. The van der Waals surface area contributed by atoms with Gasteiger partial charge in [-0.15, -0.1) is 22.9 Å². The molecule has 0 radical (unpaired) electrons. The second-order valence-electron chi connectivity index (χ2n) is 3.90. The second kappa shape index (κ2) is 4.17. The predicted octanol–water partition coefficient (Wildman–Crippen LogP) is 2.72. The molecule has 2 nitrogen and oxygen atoms in total. The summed E-state index contributed by atoms with van der Waals surface area (Å²) in [6.45, 7) is 2.96. The van der Waals surface area contributed by atoms with Crippen molar-refractivity contribution in [3.05, 3.63) is 16.6 Å². The van der Waals surface area contributed by atoms with E-state index in [1.54, 1.807) is 11.3 Å². The predicted molar refractivity (Wildman–Crippen MR) is 59.0 cm³/mol. The van der Waals surface area contributed by atoms with Gasteiger partial charge in [0, 0.05) is 29.0 Å². The lowest BCUT2D eigenvalue weighted by molar-refractivity contribution is 0.0739. The molecule has 0 saturated carbocycles. The fourth-order valence-electron chi connectivity index (χ4n) is 1.95. The van der Waals surface area contributed by atoms with Crippen molar-refractivity contribution in [2.45, 2.75) is 25.9 Å². The summed E-state index contributed by atoms with van der Waals surface area (Å²) in [7, 11) is 0. The zero-order chi connectivity index (χ0) is 10.0.